The van der Waals surface area contributed by atoms with Crippen molar-refractivity contribution in [2.45, 2.75) is 18.2 Å². The molecule has 0 bridgehead atoms. The van der Waals surface area contributed by atoms with E-state index in [0.29, 0.717) is 37.6 Å². The molecule has 8 nitrogen and oxygen atoms in total. The average molecular weight is 398 g/mol. The second-order valence-electron chi connectivity index (χ2n) is 6.74. The monoisotopic (exact) mass is 397 g/mol. The Morgan fingerprint density at radius 3 is 2.41 bits per heavy atom. The minimum atomic E-state index is -3.48. The van der Waals surface area contributed by atoms with E-state index in [1.54, 1.807) is 37.4 Å². The molecule has 0 spiro atoms. The van der Waals surface area contributed by atoms with Gasteiger partial charge in [0.05, 0.1) is 37.6 Å². The molecular weight excluding hydrogens is 368 g/mol. The first-order valence-electron chi connectivity index (χ1n) is 9.24. The SMILES string of the molecule is CCCNC(=O)CN(C)C(=O)C[NH+]1CCN(S(=O)(=O)c2ccccc2)CC1. The van der Waals surface area contributed by atoms with Gasteiger partial charge in [-0.05, 0) is 18.6 Å². The molecule has 0 aliphatic carbocycles. The van der Waals surface area contributed by atoms with E-state index in [0.717, 1.165) is 11.3 Å². The van der Waals surface area contributed by atoms with Gasteiger partial charge in [-0.3, -0.25) is 9.59 Å². The fourth-order valence-corrected chi connectivity index (χ4v) is 4.40. The minimum Gasteiger partial charge on any atom is -0.355 e. The molecule has 0 atom stereocenters. The largest absolute Gasteiger partial charge is 0.355 e. The molecule has 1 aromatic carbocycles. The van der Waals surface area contributed by atoms with Crippen LogP contribution in [0.25, 0.3) is 0 Å². The summed E-state index contributed by atoms with van der Waals surface area (Å²) in [7, 11) is -1.87. The molecule has 2 rings (SSSR count). The zero-order valence-corrected chi connectivity index (χ0v) is 16.8. The van der Waals surface area contributed by atoms with E-state index in [4.69, 9.17) is 0 Å². The van der Waals surface area contributed by atoms with Crippen LogP contribution in [-0.2, 0) is 19.6 Å². The predicted molar refractivity (Wildman–Crippen MR) is 102 cm³/mol. The summed E-state index contributed by atoms with van der Waals surface area (Å²) >= 11 is 0. The molecule has 0 radical (unpaired) electrons. The lowest BCUT2D eigenvalue weighted by Crippen LogP contribution is -3.15. The predicted octanol–water partition coefficient (Wildman–Crippen LogP) is -1.44. The maximum atomic E-state index is 12.6. The standard InChI is InChI=1S/C18H28N4O4S/c1-3-9-19-17(23)14-20(2)18(24)15-21-10-12-22(13-11-21)27(25,26)16-7-5-4-6-8-16/h4-8H,3,9-15H2,1-2H3,(H,19,23)/p+1. The smallest absolute Gasteiger partial charge is 0.277 e. The summed E-state index contributed by atoms with van der Waals surface area (Å²) in [6.07, 6.45) is 0.851. The van der Waals surface area contributed by atoms with Crippen molar-refractivity contribution in [1.29, 1.82) is 0 Å². The molecule has 1 heterocycles. The number of hydrogen-bond donors (Lipinski definition) is 2. The molecule has 27 heavy (non-hydrogen) atoms. The van der Waals surface area contributed by atoms with Crippen molar-refractivity contribution in [3.63, 3.8) is 0 Å². The summed E-state index contributed by atoms with van der Waals surface area (Å²) in [5.41, 5.74) is 0. The summed E-state index contributed by atoms with van der Waals surface area (Å²) in [5.74, 6) is -0.280. The third-order valence-electron chi connectivity index (χ3n) is 4.59. The lowest BCUT2D eigenvalue weighted by atomic mass is 10.3. The van der Waals surface area contributed by atoms with Crippen LogP contribution in [0.2, 0.25) is 0 Å². The molecule has 2 amide bonds. The van der Waals surface area contributed by atoms with Crippen LogP contribution in [0.15, 0.2) is 35.2 Å². The van der Waals surface area contributed by atoms with Crippen molar-refractivity contribution in [3.8, 4) is 0 Å². The molecule has 9 heteroatoms. The first-order chi connectivity index (χ1) is 12.8. The second-order valence-corrected chi connectivity index (χ2v) is 8.68. The second kappa shape index (κ2) is 9.82. The van der Waals surface area contributed by atoms with Gasteiger partial charge in [0.2, 0.25) is 15.9 Å². The molecule has 150 valence electrons. The van der Waals surface area contributed by atoms with Crippen molar-refractivity contribution in [1.82, 2.24) is 14.5 Å². The normalized spacial score (nSPS) is 16.1. The van der Waals surface area contributed by atoms with Crippen molar-refractivity contribution in [2.75, 3.05) is 52.9 Å². The summed E-state index contributed by atoms with van der Waals surface area (Å²) in [5, 5.41) is 2.75. The van der Waals surface area contributed by atoms with Gasteiger partial charge < -0.3 is 15.1 Å². The van der Waals surface area contributed by atoms with Crippen LogP contribution in [0, 0.1) is 0 Å². The van der Waals surface area contributed by atoms with E-state index < -0.39 is 10.0 Å². The Morgan fingerprint density at radius 2 is 1.81 bits per heavy atom. The number of nitrogens with zero attached hydrogens (tertiary/aromatic N) is 2. The van der Waals surface area contributed by atoms with Gasteiger partial charge in [-0.25, -0.2) is 8.42 Å². The zero-order valence-electron chi connectivity index (χ0n) is 16.0. The Labute approximate surface area is 161 Å². The van der Waals surface area contributed by atoms with Crippen LogP contribution in [0.1, 0.15) is 13.3 Å². The first kappa shape index (κ1) is 21.3. The van der Waals surface area contributed by atoms with Gasteiger partial charge in [-0.1, -0.05) is 25.1 Å². The maximum absolute atomic E-state index is 12.6. The molecule has 2 N–H and O–H groups in total. The number of amides is 2. The van der Waals surface area contributed by atoms with Crippen LogP contribution in [0.3, 0.4) is 0 Å². The Hall–Kier alpha value is -1.97. The van der Waals surface area contributed by atoms with Crippen molar-refractivity contribution in [2.24, 2.45) is 0 Å². The fraction of sp³-hybridized carbons (Fsp3) is 0.556. The fourth-order valence-electron chi connectivity index (χ4n) is 2.93. The number of carbonyl (C=O) groups is 2. The molecule has 1 aromatic rings. The van der Waals surface area contributed by atoms with Crippen molar-refractivity contribution >= 4 is 21.8 Å². The van der Waals surface area contributed by atoms with Crippen molar-refractivity contribution in [3.05, 3.63) is 30.3 Å². The number of sulfonamides is 1. The average Bonchev–Trinajstić information content (AvgIpc) is 2.67. The third-order valence-corrected chi connectivity index (χ3v) is 6.50. The van der Waals surface area contributed by atoms with Gasteiger partial charge >= 0.3 is 0 Å². The van der Waals surface area contributed by atoms with Gasteiger partial charge in [-0.15, -0.1) is 0 Å². The molecular formula is C18H29N4O4S+. The number of rotatable bonds is 8. The summed E-state index contributed by atoms with van der Waals surface area (Å²) in [4.78, 5) is 26.8. The van der Waals surface area contributed by atoms with E-state index in [1.807, 2.05) is 6.92 Å². The molecule has 1 saturated heterocycles. The van der Waals surface area contributed by atoms with Crippen LogP contribution in [-0.4, -0.2) is 82.3 Å². The van der Waals surface area contributed by atoms with Crippen LogP contribution < -0.4 is 10.2 Å². The first-order valence-corrected chi connectivity index (χ1v) is 10.7. The zero-order chi connectivity index (χ0) is 19.9. The topological polar surface area (TPSA) is 91.2 Å². The van der Waals surface area contributed by atoms with Crippen molar-refractivity contribution < 1.29 is 22.9 Å². The highest BCUT2D eigenvalue weighted by atomic mass is 32.2. The van der Waals surface area contributed by atoms with E-state index >= 15 is 0 Å². The Kier molecular flexibility index (Phi) is 7.76. The van der Waals surface area contributed by atoms with Gasteiger partial charge in [0.25, 0.3) is 5.91 Å². The van der Waals surface area contributed by atoms with Crippen LogP contribution in [0.5, 0.6) is 0 Å². The van der Waals surface area contributed by atoms with E-state index in [-0.39, 0.29) is 24.9 Å². The van der Waals surface area contributed by atoms with E-state index in [1.165, 1.54) is 9.21 Å². The minimum absolute atomic E-state index is 0.0423. The lowest BCUT2D eigenvalue weighted by molar-refractivity contribution is -0.895. The van der Waals surface area contributed by atoms with Gasteiger partial charge in [0, 0.05) is 13.6 Å². The maximum Gasteiger partial charge on any atom is 0.277 e. The van der Waals surface area contributed by atoms with Gasteiger partial charge in [0.1, 0.15) is 0 Å². The molecule has 0 aromatic heterocycles. The molecule has 1 fully saturated rings. The molecule has 0 saturated carbocycles. The summed E-state index contributed by atoms with van der Waals surface area (Å²) in [6, 6.07) is 8.39. The number of likely N-dealkylation sites (N-methyl/N-ethyl adjacent to an activating group) is 1. The van der Waals surface area contributed by atoms with Crippen LogP contribution >= 0.6 is 0 Å². The number of quaternary nitrogens is 1. The Balaban J connectivity index is 1.82. The third kappa shape index (κ3) is 6.02. The number of nitrogens with one attached hydrogen (secondary N) is 2. The van der Waals surface area contributed by atoms with E-state index in [2.05, 4.69) is 5.32 Å². The highest BCUT2D eigenvalue weighted by Crippen LogP contribution is 2.14. The molecule has 1 aliphatic rings. The Morgan fingerprint density at radius 1 is 1.19 bits per heavy atom. The number of carbonyl (C=O) groups excluding carboxylic acids is 2. The quantitative estimate of drug-likeness (QED) is 0.562. The Bertz CT molecular complexity index is 731. The summed E-state index contributed by atoms with van der Waals surface area (Å²) < 4.78 is 26.7. The number of piperazine rings is 1. The van der Waals surface area contributed by atoms with Crippen LogP contribution in [0.4, 0.5) is 0 Å². The number of hydrogen-bond acceptors (Lipinski definition) is 4. The molecule has 0 unspecified atom stereocenters. The number of benzene rings is 1. The highest BCUT2D eigenvalue weighted by molar-refractivity contribution is 7.89. The molecule has 1 aliphatic heterocycles. The van der Waals surface area contributed by atoms with Gasteiger partial charge in [-0.2, -0.15) is 4.31 Å². The highest BCUT2D eigenvalue weighted by Gasteiger charge is 2.31. The summed E-state index contributed by atoms with van der Waals surface area (Å²) in [6.45, 7) is 4.75. The van der Waals surface area contributed by atoms with Gasteiger partial charge in [0.15, 0.2) is 6.54 Å². The van der Waals surface area contributed by atoms with E-state index in [9.17, 15) is 18.0 Å². The lowest BCUT2D eigenvalue weighted by Gasteiger charge is -2.31.